The monoisotopic (exact) mass is 297 g/mol. The molecule has 112 valence electrons. The second-order valence-corrected chi connectivity index (χ2v) is 7.27. The Morgan fingerprint density at radius 1 is 1.40 bits per heavy atom. The minimum absolute atomic E-state index is 0.294. The quantitative estimate of drug-likeness (QED) is 0.906. The number of rotatable bonds is 5. The van der Waals surface area contributed by atoms with Crippen LogP contribution in [-0.4, -0.2) is 37.3 Å². The molecule has 1 aromatic rings. The number of nitrogens with zero attached hydrogens (tertiary/aromatic N) is 2. The van der Waals surface area contributed by atoms with Gasteiger partial charge in [-0.05, 0) is 37.3 Å². The number of aromatic nitrogens is 1. The van der Waals surface area contributed by atoms with Gasteiger partial charge in [0.15, 0.2) is 0 Å². The maximum atomic E-state index is 12.7. The molecule has 0 aliphatic carbocycles. The first-order valence-electron chi connectivity index (χ1n) is 7.24. The van der Waals surface area contributed by atoms with E-state index in [0.29, 0.717) is 29.7 Å². The van der Waals surface area contributed by atoms with Crippen molar-refractivity contribution in [2.45, 2.75) is 38.0 Å². The minimum Gasteiger partial charge on any atom is -0.369 e. The van der Waals surface area contributed by atoms with E-state index in [4.69, 9.17) is 0 Å². The van der Waals surface area contributed by atoms with Gasteiger partial charge in [0.05, 0.1) is 0 Å². The molecule has 2 heterocycles. The van der Waals surface area contributed by atoms with E-state index in [9.17, 15) is 8.42 Å². The molecule has 5 nitrogen and oxygen atoms in total. The Labute approximate surface area is 121 Å². The first kappa shape index (κ1) is 15.3. The van der Waals surface area contributed by atoms with E-state index < -0.39 is 10.0 Å². The predicted molar refractivity (Wildman–Crippen MR) is 80.2 cm³/mol. The third-order valence-electron chi connectivity index (χ3n) is 3.67. The molecule has 0 amide bonds. The van der Waals surface area contributed by atoms with Gasteiger partial charge >= 0.3 is 0 Å². The molecular formula is C14H23N3O2S. The van der Waals surface area contributed by atoms with E-state index in [1.54, 1.807) is 22.6 Å². The van der Waals surface area contributed by atoms with Crippen LogP contribution in [-0.2, 0) is 10.0 Å². The standard InChI is InChI=1S/C14H23N3O2S/c1-3-8-15-14-13(5-4-9-16-14)20(18,19)17-10-6-12(2)7-11-17/h4-5,9,12H,3,6-8,10-11H2,1-2H3,(H,15,16). The zero-order valence-electron chi connectivity index (χ0n) is 12.2. The molecule has 1 fully saturated rings. The van der Waals surface area contributed by atoms with Crippen LogP contribution < -0.4 is 5.32 Å². The number of pyridine rings is 1. The Bertz CT molecular complexity index is 537. The first-order valence-corrected chi connectivity index (χ1v) is 8.68. The number of sulfonamides is 1. The Kier molecular flexibility index (Phi) is 4.99. The SMILES string of the molecule is CCCNc1ncccc1S(=O)(=O)N1CCC(C)CC1. The fourth-order valence-corrected chi connectivity index (χ4v) is 3.93. The molecule has 0 unspecified atom stereocenters. The molecule has 1 N–H and O–H groups in total. The molecule has 6 heteroatoms. The third-order valence-corrected chi connectivity index (χ3v) is 5.60. The smallest absolute Gasteiger partial charge is 0.246 e. The van der Waals surface area contributed by atoms with Crippen molar-refractivity contribution in [3.63, 3.8) is 0 Å². The van der Waals surface area contributed by atoms with Crippen molar-refractivity contribution in [2.24, 2.45) is 5.92 Å². The summed E-state index contributed by atoms with van der Waals surface area (Å²) in [6.07, 6.45) is 4.40. The molecular weight excluding hydrogens is 274 g/mol. The Morgan fingerprint density at radius 2 is 2.10 bits per heavy atom. The summed E-state index contributed by atoms with van der Waals surface area (Å²) in [4.78, 5) is 4.47. The van der Waals surface area contributed by atoms with Crippen molar-refractivity contribution in [3.05, 3.63) is 18.3 Å². The van der Waals surface area contributed by atoms with E-state index in [1.165, 1.54) is 0 Å². The van der Waals surface area contributed by atoms with E-state index in [-0.39, 0.29) is 0 Å². The highest BCUT2D eigenvalue weighted by atomic mass is 32.2. The van der Waals surface area contributed by atoms with Gasteiger partial charge in [-0.2, -0.15) is 4.31 Å². The van der Waals surface area contributed by atoms with Crippen LogP contribution in [0.5, 0.6) is 0 Å². The number of hydrogen-bond donors (Lipinski definition) is 1. The van der Waals surface area contributed by atoms with Crippen LogP contribution in [0.4, 0.5) is 5.82 Å². The van der Waals surface area contributed by atoms with Crippen molar-refractivity contribution in [3.8, 4) is 0 Å². The van der Waals surface area contributed by atoms with Crippen molar-refractivity contribution in [2.75, 3.05) is 25.0 Å². The Balaban J connectivity index is 2.25. The second kappa shape index (κ2) is 6.54. The molecule has 0 radical (unpaired) electrons. The molecule has 1 aliphatic heterocycles. The average molecular weight is 297 g/mol. The highest BCUT2D eigenvalue weighted by Gasteiger charge is 2.30. The lowest BCUT2D eigenvalue weighted by Gasteiger charge is -2.29. The van der Waals surface area contributed by atoms with Crippen LogP contribution in [0.2, 0.25) is 0 Å². The Morgan fingerprint density at radius 3 is 2.75 bits per heavy atom. The van der Waals surface area contributed by atoms with E-state index >= 15 is 0 Å². The summed E-state index contributed by atoms with van der Waals surface area (Å²) in [7, 11) is -3.44. The molecule has 0 saturated carbocycles. The van der Waals surface area contributed by atoms with Gasteiger partial charge in [0.1, 0.15) is 10.7 Å². The highest BCUT2D eigenvalue weighted by molar-refractivity contribution is 7.89. The summed E-state index contributed by atoms with van der Waals surface area (Å²) in [5.74, 6) is 1.07. The molecule has 0 aromatic carbocycles. The van der Waals surface area contributed by atoms with Gasteiger partial charge < -0.3 is 5.32 Å². The predicted octanol–water partition coefficient (Wildman–Crippen LogP) is 2.32. The summed E-state index contributed by atoms with van der Waals surface area (Å²) in [5, 5.41) is 3.10. The fourth-order valence-electron chi connectivity index (χ4n) is 2.34. The van der Waals surface area contributed by atoms with Gasteiger partial charge in [-0.15, -0.1) is 0 Å². The van der Waals surface area contributed by atoms with Gasteiger partial charge in [-0.1, -0.05) is 13.8 Å². The fraction of sp³-hybridized carbons (Fsp3) is 0.643. The first-order chi connectivity index (χ1) is 9.55. The molecule has 1 aliphatic rings. The van der Waals surface area contributed by atoms with Crippen LogP contribution in [0.1, 0.15) is 33.1 Å². The van der Waals surface area contributed by atoms with Crippen LogP contribution in [0.15, 0.2) is 23.2 Å². The molecule has 2 rings (SSSR count). The summed E-state index contributed by atoms with van der Waals surface area (Å²) in [6, 6.07) is 3.31. The lowest BCUT2D eigenvalue weighted by atomic mass is 10.0. The van der Waals surface area contributed by atoms with Crippen molar-refractivity contribution in [1.82, 2.24) is 9.29 Å². The van der Waals surface area contributed by atoms with Crippen LogP contribution >= 0.6 is 0 Å². The van der Waals surface area contributed by atoms with Crippen LogP contribution in [0.25, 0.3) is 0 Å². The number of nitrogens with one attached hydrogen (secondary N) is 1. The van der Waals surface area contributed by atoms with E-state index in [1.807, 2.05) is 6.92 Å². The number of hydrogen-bond acceptors (Lipinski definition) is 4. The number of piperidine rings is 1. The van der Waals surface area contributed by atoms with E-state index in [2.05, 4.69) is 17.2 Å². The summed E-state index contributed by atoms with van der Waals surface area (Å²) < 4.78 is 27.0. The maximum absolute atomic E-state index is 12.7. The maximum Gasteiger partial charge on any atom is 0.246 e. The van der Waals surface area contributed by atoms with Gasteiger partial charge in [0.25, 0.3) is 0 Å². The molecule has 20 heavy (non-hydrogen) atoms. The van der Waals surface area contributed by atoms with Gasteiger partial charge in [0, 0.05) is 25.8 Å². The molecule has 0 bridgehead atoms. The summed E-state index contributed by atoms with van der Waals surface area (Å²) in [5.41, 5.74) is 0. The summed E-state index contributed by atoms with van der Waals surface area (Å²) in [6.45, 7) is 6.13. The molecule has 0 spiro atoms. The normalized spacial score (nSPS) is 18.1. The zero-order valence-corrected chi connectivity index (χ0v) is 13.0. The van der Waals surface area contributed by atoms with Crippen LogP contribution in [0.3, 0.4) is 0 Å². The largest absolute Gasteiger partial charge is 0.369 e. The van der Waals surface area contributed by atoms with E-state index in [0.717, 1.165) is 25.8 Å². The topological polar surface area (TPSA) is 62.3 Å². The average Bonchev–Trinajstić information content (AvgIpc) is 2.46. The lowest BCUT2D eigenvalue weighted by molar-refractivity contribution is 0.288. The zero-order chi connectivity index (χ0) is 14.6. The van der Waals surface area contributed by atoms with Gasteiger partial charge in [0.2, 0.25) is 10.0 Å². The third kappa shape index (κ3) is 3.30. The number of anilines is 1. The van der Waals surface area contributed by atoms with Gasteiger partial charge in [-0.3, -0.25) is 0 Å². The van der Waals surface area contributed by atoms with Crippen molar-refractivity contribution in [1.29, 1.82) is 0 Å². The molecule has 0 atom stereocenters. The molecule has 1 aromatic heterocycles. The Hall–Kier alpha value is -1.14. The second-order valence-electron chi connectivity index (χ2n) is 5.36. The molecule has 1 saturated heterocycles. The van der Waals surface area contributed by atoms with Crippen LogP contribution in [0, 0.1) is 5.92 Å². The summed E-state index contributed by atoms with van der Waals surface area (Å²) >= 11 is 0. The lowest BCUT2D eigenvalue weighted by Crippen LogP contribution is -2.38. The van der Waals surface area contributed by atoms with Crippen molar-refractivity contribution < 1.29 is 8.42 Å². The minimum atomic E-state index is -3.44. The van der Waals surface area contributed by atoms with Gasteiger partial charge in [-0.25, -0.2) is 13.4 Å². The highest BCUT2D eigenvalue weighted by Crippen LogP contribution is 2.26. The van der Waals surface area contributed by atoms with Crippen molar-refractivity contribution >= 4 is 15.8 Å².